The Bertz CT molecular complexity index is 238. The number of aromatic nitrogens is 1. The lowest BCUT2D eigenvalue weighted by Crippen LogP contribution is -1.82. The van der Waals surface area contributed by atoms with E-state index in [4.69, 9.17) is 0 Å². The predicted octanol–water partition coefficient (Wildman–Crippen LogP) is 2.42. The maximum absolute atomic E-state index is 4.18. The fraction of sp³-hybridized carbons (Fsp3) is 0.222. The van der Waals surface area contributed by atoms with Crippen molar-refractivity contribution in [3.8, 4) is 0 Å². The van der Waals surface area contributed by atoms with Gasteiger partial charge in [0.2, 0.25) is 0 Å². The van der Waals surface area contributed by atoms with E-state index in [-0.39, 0.29) is 0 Å². The summed E-state index contributed by atoms with van der Waals surface area (Å²) < 4.78 is 0. The lowest BCUT2D eigenvalue weighted by Gasteiger charge is -1.95. The molecule has 0 bridgehead atoms. The first kappa shape index (κ1) is 7.00. The van der Waals surface area contributed by atoms with Crippen LogP contribution >= 0.6 is 0 Å². The van der Waals surface area contributed by atoms with Crippen LogP contribution in [0.3, 0.4) is 0 Å². The van der Waals surface area contributed by atoms with Crippen molar-refractivity contribution < 1.29 is 0 Å². The van der Waals surface area contributed by atoms with E-state index in [1.54, 1.807) is 0 Å². The fourth-order valence-electron chi connectivity index (χ4n) is 0.830. The molecule has 0 aliphatic heterocycles. The molecule has 0 saturated heterocycles. The van der Waals surface area contributed by atoms with E-state index in [9.17, 15) is 0 Å². The Kier molecular flexibility index (Phi) is 2.21. The van der Waals surface area contributed by atoms with Gasteiger partial charge in [0, 0.05) is 6.20 Å². The Morgan fingerprint density at radius 1 is 1.50 bits per heavy atom. The van der Waals surface area contributed by atoms with Crippen molar-refractivity contribution in [2.75, 3.05) is 0 Å². The van der Waals surface area contributed by atoms with Gasteiger partial charge in [-0.3, -0.25) is 4.98 Å². The van der Waals surface area contributed by atoms with Crippen LogP contribution in [0.25, 0.3) is 6.08 Å². The normalized spacial score (nSPS) is 10.6. The van der Waals surface area contributed by atoms with Gasteiger partial charge in [-0.2, -0.15) is 0 Å². The zero-order chi connectivity index (χ0) is 7.40. The van der Waals surface area contributed by atoms with E-state index >= 15 is 0 Å². The molecule has 1 aromatic rings. The van der Waals surface area contributed by atoms with Gasteiger partial charge in [0.05, 0.1) is 5.69 Å². The molecule has 0 aliphatic rings. The van der Waals surface area contributed by atoms with Gasteiger partial charge in [-0.15, -0.1) is 0 Å². The topological polar surface area (TPSA) is 12.9 Å². The molecule has 0 atom stereocenters. The smallest absolute Gasteiger partial charge is 0.0655 e. The molecule has 52 valence electrons. The van der Waals surface area contributed by atoms with Crippen molar-refractivity contribution in [2.45, 2.75) is 13.8 Å². The third-order valence-electron chi connectivity index (χ3n) is 1.37. The highest BCUT2D eigenvalue weighted by Gasteiger charge is 1.89. The first-order chi connectivity index (χ1) is 4.84. The highest BCUT2D eigenvalue weighted by atomic mass is 14.7. The van der Waals surface area contributed by atoms with Crippen molar-refractivity contribution >= 4 is 6.08 Å². The molecule has 1 heterocycles. The van der Waals surface area contributed by atoms with Crippen LogP contribution in [-0.4, -0.2) is 4.98 Å². The standard InChI is InChI=1S/C9H11N/c1-3-5-9-8(2)6-4-7-10-9/h3-7H,1-2H3/b5-3+. The second kappa shape index (κ2) is 3.16. The van der Waals surface area contributed by atoms with Gasteiger partial charge < -0.3 is 0 Å². The molecule has 1 nitrogen and oxygen atoms in total. The molecule has 1 rings (SSSR count). The summed E-state index contributed by atoms with van der Waals surface area (Å²) in [6.45, 7) is 4.05. The van der Waals surface area contributed by atoms with Gasteiger partial charge in [-0.25, -0.2) is 0 Å². The van der Waals surface area contributed by atoms with Crippen molar-refractivity contribution in [2.24, 2.45) is 0 Å². The molecular formula is C9H11N. The summed E-state index contributed by atoms with van der Waals surface area (Å²) in [6, 6.07) is 4.00. The maximum atomic E-state index is 4.18. The van der Waals surface area contributed by atoms with Gasteiger partial charge in [-0.05, 0) is 31.6 Å². The zero-order valence-corrected chi connectivity index (χ0v) is 6.33. The molecule has 1 aromatic heterocycles. The van der Waals surface area contributed by atoms with E-state index in [1.165, 1.54) is 5.56 Å². The van der Waals surface area contributed by atoms with Crippen molar-refractivity contribution in [3.05, 3.63) is 35.7 Å². The minimum absolute atomic E-state index is 1.06. The summed E-state index contributed by atoms with van der Waals surface area (Å²) in [5.74, 6) is 0. The SMILES string of the molecule is C/C=C/c1ncccc1C. The molecular weight excluding hydrogens is 122 g/mol. The predicted molar refractivity (Wildman–Crippen MR) is 43.7 cm³/mol. The number of hydrogen-bond donors (Lipinski definition) is 0. The average Bonchev–Trinajstić information content (AvgIpc) is 1.94. The van der Waals surface area contributed by atoms with Crippen LogP contribution in [0.2, 0.25) is 0 Å². The molecule has 0 aromatic carbocycles. The van der Waals surface area contributed by atoms with Crippen LogP contribution in [0.5, 0.6) is 0 Å². The summed E-state index contributed by atoms with van der Waals surface area (Å²) in [4.78, 5) is 4.18. The summed E-state index contributed by atoms with van der Waals surface area (Å²) in [5.41, 5.74) is 2.28. The third-order valence-corrected chi connectivity index (χ3v) is 1.37. The Balaban J connectivity index is 3.03. The zero-order valence-electron chi connectivity index (χ0n) is 6.33. The number of allylic oxidation sites excluding steroid dienone is 1. The van der Waals surface area contributed by atoms with E-state index in [1.807, 2.05) is 31.3 Å². The van der Waals surface area contributed by atoms with Gasteiger partial charge in [0.15, 0.2) is 0 Å². The van der Waals surface area contributed by atoms with E-state index in [0.717, 1.165) is 5.69 Å². The lowest BCUT2D eigenvalue weighted by atomic mass is 10.2. The van der Waals surface area contributed by atoms with E-state index in [2.05, 4.69) is 18.0 Å². The van der Waals surface area contributed by atoms with Crippen LogP contribution < -0.4 is 0 Å². The molecule has 1 heteroatoms. The molecule has 0 saturated carbocycles. The second-order valence-corrected chi connectivity index (χ2v) is 2.21. The largest absolute Gasteiger partial charge is 0.257 e. The highest BCUT2D eigenvalue weighted by molar-refractivity contribution is 5.47. The first-order valence-corrected chi connectivity index (χ1v) is 3.39. The van der Waals surface area contributed by atoms with E-state index in [0.29, 0.717) is 0 Å². The van der Waals surface area contributed by atoms with E-state index < -0.39 is 0 Å². The second-order valence-electron chi connectivity index (χ2n) is 2.21. The van der Waals surface area contributed by atoms with Gasteiger partial charge in [-0.1, -0.05) is 12.1 Å². The maximum Gasteiger partial charge on any atom is 0.0655 e. The Labute approximate surface area is 61.4 Å². The molecule has 0 aliphatic carbocycles. The Morgan fingerprint density at radius 3 is 2.90 bits per heavy atom. The molecule has 0 N–H and O–H groups in total. The van der Waals surface area contributed by atoms with Crippen molar-refractivity contribution in [3.63, 3.8) is 0 Å². The number of aryl methyl sites for hydroxylation is 1. The summed E-state index contributed by atoms with van der Waals surface area (Å²) in [7, 11) is 0. The Morgan fingerprint density at radius 2 is 2.30 bits per heavy atom. The first-order valence-electron chi connectivity index (χ1n) is 3.39. The number of rotatable bonds is 1. The number of pyridine rings is 1. The molecule has 0 spiro atoms. The van der Waals surface area contributed by atoms with Gasteiger partial charge >= 0.3 is 0 Å². The molecule has 0 amide bonds. The van der Waals surface area contributed by atoms with Crippen LogP contribution in [0.4, 0.5) is 0 Å². The summed E-state index contributed by atoms with van der Waals surface area (Å²) in [6.07, 6.45) is 5.81. The Hall–Kier alpha value is -1.11. The fourth-order valence-corrected chi connectivity index (χ4v) is 0.830. The molecule has 10 heavy (non-hydrogen) atoms. The van der Waals surface area contributed by atoms with Gasteiger partial charge in [0.25, 0.3) is 0 Å². The minimum atomic E-state index is 1.06. The van der Waals surface area contributed by atoms with Crippen molar-refractivity contribution in [1.29, 1.82) is 0 Å². The van der Waals surface area contributed by atoms with Crippen LogP contribution in [0, 0.1) is 6.92 Å². The van der Waals surface area contributed by atoms with Crippen LogP contribution in [-0.2, 0) is 0 Å². The number of hydrogen-bond acceptors (Lipinski definition) is 1. The monoisotopic (exact) mass is 133 g/mol. The minimum Gasteiger partial charge on any atom is -0.257 e. The highest BCUT2D eigenvalue weighted by Crippen LogP contribution is 2.03. The lowest BCUT2D eigenvalue weighted by molar-refractivity contribution is 1.24. The summed E-state index contributed by atoms with van der Waals surface area (Å²) >= 11 is 0. The number of nitrogens with zero attached hydrogens (tertiary/aromatic N) is 1. The molecule has 0 fully saturated rings. The quantitative estimate of drug-likeness (QED) is 0.573. The van der Waals surface area contributed by atoms with Gasteiger partial charge in [0.1, 0.15) is 0 Å². The van der Waals surface area contributed by atoms with Crippen molar-refractivity contribution in [1.82, 2.24) is 4.98 Å². The van der Waals surface area contributed by atoms with Crippen LogP contribution in [0.15, 0.2) is 24.4 Å². The third kappa shape index (κ3) is 1.44. The molecule has 0 radical (unpaired) electrons. The van der Waals surface area contributed by atoms with Crippen LogP contribution in [0.1, 0.15) is 18.2 Å². The average molecular weight is 133 g/mol. The summed E-state index contributed by atoms with van der Waals surface area (Å²) in [5, 5.41) is 0. The molecule has 0 unspecified atom stereocenters.